The molecule has 2 aromatic carbocycles. The molecule has 0 aliphatic carbocycles. The lowest BCUT2D eigenvalue weighted by Crippen LogP contribution is -2.23. The third-order valence-electron chi connectivity index (χ3n) is 5.31. The van der Waals surface area contributed by atoms with Crippen molar-refractivity contribution in [3.05, 3.63) is 53.9 Å². The molecule has 0 saturated carbocycles. The Balaban J connectivity index is 1.51. The molecule has 4 rings (SSSR count). The SMILES string of the molecule is COc1ccc(-c2nnc(CN3CCCC3c3ccc(OC)cc3OC)o2)cc1. The van der Waals surface area contributed by atoms with Gasteiger partial charge in [-0.1, -0.05) is 6.07 Å². The van der Waals surface area contributed by atoms with Gasteiger partial charge in [0.05, 0.1) is 27.9 Å². The summed E-state index contributed by atoms with van der Waals surface area (Å²) >= 11 is 0. The van der Waals surface area contributed by atoms with Crippen LogP contribution < -0.4 is 14.2 Å². The highest BCUT2D eigenvalue weighted by atomic mass is 16.5. The molecule has 1 aliphatic rings. The number of methoxy groups -OCH3 is 3. The van der Waals surface area contributed by atoms with Crippen molar-refractivity contribution in [3.63, 3.8) is 0 Å². The molecule has 1 aromatic heterocycles. The molecule has 0 N–H and O–H groups in total. The van der Waals surface area contributed by atoms with Crippen molar-refractivity contribution in [2.75, 3.05) is 27.9 Å². The van der Waals surface area contributed by atoms with Crippen molar-refractivity contribution in [2.45, 2.75) is 25.4 Å². The van der Waals surface area contributed by atoms with E-state index < -0.39 is 0 Å². The van der Waals surface area contributed by atoms with Gasteiger partial charge in [0, 0.05) is 23.2 Å². The molecule has 7 heteroatoms. The second kappa shape index (κ2) is 8.53. The Labute approximate surface area is 170 Å². The Bertz CT molecular complexity index is 955. The minimum atomic E-state index is 0.243. The predicted octanol–water partition coefficient (Wildman–Crippen LogP) is 4.10. The van der Waals surface area contributed by atoms with Crippen LogP contribution in [0, 0.1) is 0 Å². The van der Waals surface area contributed by atoms with Crippen LogP contribution in [0.2, 0.25) is 0 Å². The molecular formula is C22H25N3O4. The van der Waals surface area contributed by atoms with Crippen molar-refractivity contribution >= 4 is 0 Å². The second-order valence-electron chi connectivity index (χ2n) is 6.97. The topological polar surface area (TPSA) is 69.9 Å². The van der Waals surface area contributed by atoms with Crippen LogP contribution in [0.25, 0.3) is 11.5 Å². The molecule has 1 atom stereocenters. The normalized spacial score (nSPS) is 16.7. The maximum absolute atomic E-state index is 5.93. The summed E-state index contributed by atoms with van der Waals surface area (Å²) in [7, 11) is 4.99. The zero-order valence-electron chi connectivity index (χ0n) is 16.9. The highest BCUT2D eigenvalue weighted by Gasteiger charge is 2.30. The average molecular weight is 395 g/mol. The number of nitrogens with zero attached hydrogens (tertiary/aromatic N) is 3. The number of rotatable bonds is 7. The number of hydrogen-bond donors (Lipinski definition) is 0. The van der Waals surface area contributed by atoms with E-state index in [2.05, 4.69) is 21.2 Å². The summed E-state index contributed by atoms with van der Waals surface area (Å²) in [5.74, 6) is 3.54. The standard InChI is InChI=1S/C22H25N3O4/c1-26-16-8-6-15(7-9-16)22-24-23-21(29-22)14-25-12-4-5-19(25)18-11-10-17(27-2)13-20(18)28-3/h6-11,13,19H,4-5,12,14H2,1-3H3. The van der Waals surface area contributed by atoms with Gasteiger partial charge in [0.2, 0.25) is 11.8 Å². The van der Waals surface area contributed by atoms with E-state index in [0.717, 1.165) is 47.8 Å². The highest BCUT2D eigenvalue weighted by molar-refractivity contribution is 5.54. The molecular weight excluding hydrogens is 370 g/mol. The third kappa shape index (κ3) is 4.05. The van der Waals surface area contributed by atoms with Crippen LogP contribution in [0.1, 0.15) is 30.3 Å². The van der Waals surface area contributed by atoms with E-state index in [1.807, 2.05) is 36.4 Å². The van der Waals surface area contributed by atoms with Crippen LogP contribution in [-0.2, 0) is 6.54 Å². The molecule has 3 aromatic rings. The quantitative estimate of drug-likeness (QED) is 0.596. The van der Waals surface area contributed by atoms with Crippen LogP contribution in [0.5, 0.6) is 17.2 Å². The fourth-order valence-electron chi connectivity index (χ4n) is 3.80. The molecule has 0 amide bonds. The van der Waals surface area contributed by atoms with Crippen molar-refractivity contribution in [3.8, 4) is 28.7 Å². The summed E-state index contributed by atoms with van der Waals surface area (Å²) in [6, 6.07) is 13.8. The molecule has 0 bridgehead atoms. The van der Waals surface area contributed by atoms with Crippen LogP contribution in [0.15, 0.2) is 46.9 Å². The third-order valence-corrected chi connectivity index (χ3v) is 5.31. The molecule has 0 spiro atoms. The number of hydrogen-bond acceptors (Lipinski definition) is 7. The molecule has 1 saturated heterocycles. The molecule has 1 fully saturated rings. The maximum Gasteiger partial charge on any atom is 0.247 e. The van der Waals surface area contributed by atoms with E-state index >= 15 is 0 Å². The first kappa shape index (κ1) is 19.3. The molecule has 2 heterocycles. The number of benzene rings is 2. The molecule has 152 valence electrons. The fraction of sp³-hybridized carbons (Fsp3) is 0.364. The van der Waals surface area contributed by atoms with Gasteiger partial charge in [-0.05, 0) is 49.7 Å². The first-order chi connectivity index (χ1) is 14.2. The van der Waals surface area contributed by atoms with Gasteiger partial charge in [0.25, 0.3) is 0 Å². The Kier molecular flexibility index (Phi) is 5.67. The van der Waals surface area contributed by atoms with Gasteiger partial charge >= 0.3 is 0 Å². The smallest absolute Gasteiger partial charge is 0.247 e. The Morgan fingerprint density at radius 2 is 1.72 bits per heavy atom. The minimum Gasteiger partial charge on any atom is -0.497 e. The first-order valence-corrected chi connectivity index (χ1v) is 9.64. The summed E-state index contributed by atoms with van der Waals surface area (Å²) in [6.07, 6.45) is 2.17. The monoisotopic (exact) mass is 395 g/mol. The van der Waals surface area contributed by atoms with Crippen molar-refractivity contribution in [1.29, 1.82) is 0 Å². The zero-order valence-corrected chi connectivity index (χ0v) is 16.9. The summed E-state index contributed by atoms with van der Waals surface area (Å²) in [4.78, 5) is 2.36. The first-order valence-electron chi connectivity index (χ1n) is 9.64. The number of aromatic nitrogens is 2. The van der Waals surface area contributed by atoms with E-state index in [4.69, 9.17) is 18.6 Å². The zero-order chi connectivity index (χ0) is 20.2. The highest BCUT2D eigenvalue weighted by Crippen LogP contribution is 2.39. The van der Waals surface area contributed by atoms with E-state index in [1.54, 1.807) is 21.3 Å². The summed E-state index contributed by atoms with van der Waals surface area (Å²) < 4.78 is 22.1. The average Bonchev–Trinajstić information content (AvgIpc) is 3.43. The molecule has 7 nitrogen and oxygen atoms in total. The summed E-state index contributed by atoms with van der Waals surface area (Å²) in [5.41, 5.74) is 2.03. The lowest BCUT2D eigenvalue weighted by Gasteiger charge is -2.25. The lowest BCUT2D eigenvalue weighted by molar-refractivity contribution is 0.220. The summed E-state index contributed by atoms with van der Waals surface area (Å²) in [5, 5.41) is 8.47. The van der Waals surface area contributed by atoms with Crippen LogP contribution in [0.4, 0.5) is 0 Å². The van der Waals surface area contributed by atoms with E-state index in [-0.39, 0.29) is 6.04 Å². The molecule has 29 heavy (non-hydrogen) atoms. The van der Waals surface area contributed by atoms with Crippen molar-refractivity contribution in [1.82, 2.24) is 15.1 Å². The Morgan fingerprint density at radius 3 is 2.45 bits per heavy atom. The van der Waals surface area contributed by atoms with Gasteiger partial charge in [-0.15, -0.1) is 10.2 Å². The van der Waals surface area contributed by atoms with Gasteiger partial charge < -0.3 is 18.6 Å². The summed E-state index contributed by atoms with van der Waals surface area (Å²) in [6.45, 7) is 1.57. The molecule has 1 unspecified atom stereocenters. The van der Waals surface area contributed by atoms with Gasteiger partial charge in [-0.3, -0.25) is 4.90 Å². The van der Waals surface area contributed by atoms with Gasteiger partial charge in [0.1, 0.15) is 17.2 Å². The van der Waals surface area contributed by atoms with Crippen LogP contribution in [-0.4, -0.2) is 43.0 Å². The number of likely N-dealkylation sites (tertiary alicyclic amines) is 1. The van der Waals surface area contributed by atoms with E-state index in [0.29, 0.717) is 18.3 Å². The largest absolute Gasteiger partial charge is 0.497 e. The van der Waals surface area contributed by atoms with E-state index in [9.17, 15) is 0 Å². The Hall–Kier alpha value is -3.06. The van der Waals surface area contributed by atoms with Gasteiger partial charge in [-0.2, -0.15) is 0 Å². The van der Waals surface area contributed by atoms with E-state index in [1.165, 1.54) is 0 Å². The minimum absolute atomic E-state index is 0.243. The second-order valence-corrected chi connectivity index (χ2v) is 6.97. The Morgan fingerprint density at radius 1 is 0.966 bits per heavy atom. The number of ether oxygens (including phenoxy) is 3. The fourth-order valence-corrected chi connectivity index (χ4v) is 3.80. The maximum atomic E-state index is 5.93. The molecule has 0 radical (unpaired) electrons. The van der Waals surface area contributed by atoms with Gasteiger partial charge in [-0.25, -0.2) is 0 Å². The van der Waals surface area contributed by atoms with Crippen molar-refractivity contribution in [2.24, 2.45) is 0 Å². The van der Waals surface area contributed by atoms with Crippen molar-refractivity contribution < 1.29 is 18.6 Å². The predicted molar refractivity (Wildman–Crippen MR) is 108 cm³/mol. The molecule has 1 aliphatic heterocycles. The van der Waals surface area contributed by atoms with Crippen LogP contribution >= 0.6 is 0 Å². The van der Waals surface area contributed by atoms with Crippen LogP contribution in [0.3, 0.4) is 0 Å². The lowest BCUT2D eigenvalue weighted by atomic mass is 10.0. The van der Waals surface area contributed by atoms with Gasteiger partial charge in [0.15, 0.2) is 0 Å².